The van der Waals surface area contributed by atoms with E-state index in [1.807, 2.05) is 50.2 Å². The molecule has 194 valence electrons. The number of thioether (sulfide) groups is 1. The average Bonchev–Trinajstić information content (AvgIpc) is 3.11. The number of hydrogen-bond acceptors (Lipinski definition) is 8. The predicted molar refractivity (Wildman–Crippen MR) is 147 cm³/mol. The van der Waals surface area contributed by atoms with Gasteiger partial charge in [-0.2, -0.15) is 5.26 Å². The van der Waals surface area contributed by atoms with Crippen LogP contribution in [0.3, 0.4) is 0 Å². The SMILES string of the molecule is Cc1c(C(=O)CCCN2C(=O)/C(=C/c3ccccc3)SC2=S)c(O)n(CCCOC(C)C)c(=O)c1C#N. The van der Waals surface area contributed by atoms with Crippen molar-refractivity contribution in [2.45, 2.75) is 52.7 Å². The molecule has 0 spiro atoms. The summed E-state index contributed by atoms with van der Waals surface area (Å²) < 4.78 is 6.96. The molecule has 8 nitrogen and oxygen atoms in total. The van der Waals surface area contributed by atoms with Gasteiger partial charge >= 0.3 is 0 Å². The lowest BCUT2D eigenvalue weighted by molar-refractivity contribution is -0.122. The largest absolute Gasteiger partial charge is 0.494 e. The molecule has 37 heavy (non-hydrogen) atoms. The summed E-state index contributed by atoms with van der Waals surface area (Å²) in [6.45, 7) is 5.97. The van der Waals surface area contributed by atoms with Crippen molar-refractivity contribution in [1.29, 1.82) is 5.26 Å². The number of nitriles is 1. The first-order chi connectivity index (χ1) is 17.6. The lowest BCUT2D eigenvalue weighted by atomic mass is 9.99. The number of ketones is 1. The number of nitrogens with zero attached hydrogens (tertiary/aromatic N) is 3. The fourth-order valence-corrected chi connectivity index (χ4v) is 5.26. The molecule has 1 N–H and O–H groups in total. The van der Waals surface area contributed by atoms with Crippen LogP contribution in [0.1, 0.15) is 60.2 Å². The third-order valence-corrected chi connectivity index (χ3v) is 7.19. The first kappa shape index (κ1) is 28.3. The normalized spacial score (nSPS) is 14.6. The molecule has 3 rings (SSSR count). The van der Waals surface area contributed by atoms with Crippen LogP contribution < -0.4 is 5.56 Å². The second-order valence-corrected chi connectivity index (χ2v) is 10.5. The molecule has 0 unspecified atom stereocenters. The molecule has 1 aromatic carbocycles. The van der Waals surface area contributed by atoms with E-state index in [0.717, 1.165) is 10.1 Å². The summed E-state index contributed by atoms with van der Waals surface area (Å²) in [6.07, 6.45) is 2.53. The van der Waals surface area contributed by atoms with Crippen molar-refractivity contribution < 1.29 is 19.4 Å². The van der Waals surface area contributed by atoms with Crippen molar-refractivity contribution in [2.24, 2.45) is 0 Å². The van der Waals surface area contributed by atoms with E-state index in [1.54, 1.807) is 6.08 Å². The van der Waals surface area contributed by atoms with E-state index >= 15 is 0 Å². The zero-order valence-corrected chi connectivity index (χ0v) is 22.7. The van der Waals surface area contributed by atoms with E-state index in [2.05, 4.69) is 0 Å². The van der Waals surface area contributed by atoms with Gasteiger partial charge in [-0.25, -0.2) is 0 Å². The third-order valence-electron chi connectivity index (χ3n) is 5.81. The van der Waals surface area contributed by atoms with Gasteiger partial charge in [0.15, 0.2) is 5.78 Å². The highest BCUT2D eigenvalue weighted by molar-refractivity contribution is 8.26. The van der Waals surface area contributed by atoms with E-state index in [1.165, 1.54) is 23.6 Å². The molecule has 1 aliphatic rings. The van der Waals surface area contributed by atoms with Crippen LogP contribution in [0.4, 0.5) is 0 Å². The first-order valence-electron chi connectivity index (χ1n) is 12.0. The van der Waals surface area contributed by atoms with E-state index < -0.39 is 17.2 Å². The minimum atomic E-state index is -0.638. The number of ether oxygens (including phenoxy) is 1. The van der Waals surface area contributed by atoms with E-state index in [0.29, 0.717) is 28.7 Å². The Morgan fingerprint density at radius 2 is 1.92 bits per heavy atom. The van der Waals surface area contributed by atoms with Gasteiger partial charge in [0.05, 0.1) is 16.6 Å². The van der Waals surface area contributed by atoms with Gasteiger partial charge in [-0.1, -0.05) is 54.3 Å². The Balaban J connectivity index is 1.71. The van der Waals surface area contributed by atoms with Gasteiger partial charge in [0.25, 0.3) is 11.5 Å². The Morgan fingerprint density at radius 1 is 1.22 bits per heavy atom. The molecule has 10 heteroatoms. The Labute approximate surface area is 225 Å². The summed E-state index contributed by atoms with van der Waals surface area (Å²) >= 11 is 6.59. The van der Waals surface area contributed by atoms with Crippen molar-refractivity contribution in [3.63, 3.8) is 0 Å². The van der Waals surface area contributed by atoms with Crippen molar-refractivity contribution in [3.05, 3.63) is 67.8 Å². The maximum Gasteiger partial charge on any atom is 0.271 e. The second kappa shape index (κ2) is 12.8. The van der Waals surface area contributed by atoms with Crippen LogP contribution in [0, 0.1) is 18.3 Å². The van der Waals surface area contributed by atoms with E-state index in [9.17, 15) is 24.8 Å². The highest BCUT2D eigenvalue weighted by Gasteiger charge is 2.32. The molecule has 1 saturated heterocycles. The molecule has 0 atom stereocenters. The molecule has 0 saturated carbocycles. The summed E-state index contributed by atoms with van der Waals surface area (Å²) in [4.78, 5) is 40.7. The summed E-state index contributed by atoms with van der Waals surface area (Å²) in [5, 5.41) is 20.3. The lowest BCUT2D eigenvalue weighted by Crippen LogP contribution is -2.30. The molecule has 0 radical (unpaired) electrons. The Kier molecular flexibility index (Phi) is 9.80. The van der Waals surface area contributed by atoms with Crippen LogP contribution in [0.2, 0.25) is 0 Å². The number of pyridine rings is 1. The molecule has 1 aliphatic heterocycles. The van der Waals surface area contributed by atoms with Crippen LogP contribution in [0.25, 0.3) is 6.08 Å². The zero-order valence-electron chi connectivity index (χ0n) is 21.0. The smallest absolute Gasteiger partial charge is 0.271 e. The van der Waals surface area contributed by atoms with Gasteiger partial charge in [0.2, 0.25) is 5.88 Å². The molecule has 1 aromatic heterocycles. The number of amides is 1. The fourth-order valence-electron chi connectivity index (χ4n) is 3.95. The number of rotatable bonds is 11. The number of Topliss-reactive ketones (excluding diaryl/α,β-unsaturated/α-hetero) is 1. The molecule has 1 amide bonds. The van der Waals surface area contributed by atoms with Gasteiger partial charge in [0, 0.05) is 26.1 Å². The summed E-state index contributed by atoms with van der Waals surface area (Å²) in [7, 11) is 0. The number of hydrogen-bond donors (Lipinski definition) is 1. The topological polar surface area (TPSA) is 113 Å². The molecule has 2 heterocycles. The van der Waals surface area contributed by atoms with Crippen LogP contribution in [0.5, 0.6) is 5.88 Å². The highest BCUT2D eigenvalue weighted by atomic mass is 32.2. The molecule has 0 bridgehead atoms. The minimum absolute atomic E-state index is 0.00270. The number of benzene rings is 1. The number of thiocarbonyl (C=S) groups is 1. The quantitative estimate of drug-likeness (QED) is 0.193. The standard InChI is InChI=1S/C27H29N3O5S2/c1-17(2)35-14-8-13-29-24(32)20(16-28)18(3)23(26(29)34)21(31)11-7-12-30-25(33)22(37-27(30)36)15-19-9-5-4-6-10-19/h4-6,9-10,15,17,34H,7-8,11-14H2,1-3H3/b22-15-. The van der Waals surface area contributed by atoms with Crippen molar-refractivity contribution >= 4 is 46.1 Å². The Hall–Kier alpha value is -3.26. The zero-order chi connectivity index (χ0) is 27.1. The maximum atomic E-state index is 13.1. The first-order valence-corrected chi connectivity index (χ1v) is 13.2. The van der Waals surface area contributed by atoms with Gasteiger partial charge in [-0.15, -0.1) is 0 Å². The number of aromatic nitrogens is 1. The molecular formula is C27H29N3O5S2. The van der Waals surface area contributed by atoms with Crippen molar-refractivity contribution in [3.8, 4) is 11.9 Å². The third kappa shape index (κ3) is 6.74. The predicted octanol–water partition coefficient (Wildman–Crippen LogP) is 4.41. The van der Waals surface area contributed by atoms with Crippen LogP contribution in [0.15, 0.2) is 40.0 Å². The van der Waals surface area contributed by atoms with Gasteiger partial charge < -0.3 is 9.84 Å². The van der Waals surface area contributed by atoms with Crippen molar-refractivity contribution in [2.75, 3.05) is 13.2 Å². The van der Waals surface area contributed by atoms with Gasteiger partial charge in [0.1, 0.15) is 16.0 Å². The summed E-state index contributed by atoms with van der Waals surface area (Å²) in [5.41, 5.74) is 0.190. The van der Waals surface area contributed by atoms with Crippen LogP contribution in [-0.2, 0) is 16.1 Å². The van der Waals surface area contributed by atoms with E-state index in [4.69, 9.17) is 17.0 Å². The lowest BCUT2D eigenvalue weighted by Gasteiger charge is -2.17. The monoisotopic (exact) mass is 539 g/mol. The Morgan fingerprint density at radius 3 is 2.57 bits per heavy atom. The molecule has 1 fully saturated rings. The van der Waals surface area contributed by atoms with Crippen LogP contribution in [-0.4, -0.2) is 49.8 Å². The molecular weight excluding hydrogens is 510 g/mol. The average molecular weight is 540 g/mol. The summed E-state index contributed by atoms with van der Waals surface area (Å²) in [6, 6.07) is 11.3. The van der Waals surface area contributed by atoms with E-state index in [-0.39, 0.29) is 48.2 Å². The molecule has 2 aromatic rings. The number of carbonyl (C=O) groups excluding carboxylic acids is 2. The second-order valence-electron chi connectivity index (χ2n) is 8.81. The van der Waals surface area contributed by atoms with Crippen molar-refractivity contribution in [1.82, 2.24) is 9.47 Å². The maximum absolute atomic E-state index is 13.1. The van der Waals surface area contributed by atoms with Gasteiger partial charge in [-0.05, 0) is 50.8 Å². The minimum Gasteiger partial charge on any atom is -0.494 e. The van der Waals surface area contributed by atoms with Gasteiger partial charge in [-0.3, -0.25) is 23.9 Å². The van der Waals surface area contributed by atoms with Crippen LogP contribution >= 0.6 is 24.0 Å². The summed E-state index contributed by atoms with van der Waals surface area (Å²) in [5.74, 6) is -1.08. The molecule has 0 aliphatic carbocycles. The highest BCUT2D eigenvalue weighted by Crippen LogP contribution is 2.33. The number of carbonyl (C=O) groups is 2. The number of aromatic hydroxyl groups is 1. The Bertz CT molecular complexity index is 1330. The fraction of sp³-hybridized carbons (Fsp3) is 0.370.